The molecule has 0 saturated heterocycles. The zero-order chi connectivity index (χ0) is 17.6. The molecule has 0 aromatic rings. The first-order valence-corrected chi connectivity index (χ1v) is 7.64. The van der Waals surface area contributed by atoms with Gasteiger partial charge in [0, 0.05) is 6.61 Å². The predicted octanol–water partition coefficient (Wildman–Crippen LogP) is 0.870. The van der Waals surface area contributed by atoms with Crippen LogP contribution in [0.5, 0.6) is 0 Å². The molecule has 0 heterocycles. The van der Waals surface area contributed by atoms with Crippen LogP contribution in [0.25, 0.3) is 0 Å². The number of halogens is 2. The van der Waals surface area contributed by atoms with Gasteiger partial charge in [0.25, 0.3) is 0 Å². The minimum Gasteiger partial charge on any atom is -0.691 e. The first-order valence-electron chi connectivity index (χ1n) is 6.90. The van der Waals surface area contributed by atoms with Crippen molar-refractivity contribution in [1.29, 1.82) is 0 Å². The van der Waals surface area contributed by atoms with Gasteiger partial charge in [0.1, 0.15) is 12.0 Å². The van der Waals surface area contributed by atoms with Crippen molar-refractivity contribution in [2.45, 2.75) is 43.8 Å². The molecule has 0 bridgehead atoms. The van der Waals surface area contributed by atoms with E-state index >= 15 is 0 Å². The number of aliphatic hydroxyl groups excluding tert-OH is 1. The molecule has 0 atom stereocenters. The van der Waals surface area contributed by atoms with E-state index < -0.39 is 35.8 Å². The van der Waals surface area contributed by atoms with Gasteiger partial charge >= 0.3 is 17.2 Å². The van der Waals surface area contributed by atoms with Gasteiger partial charge in [-0.05, 0) is 12.8 Å². The summed E-state index contributed by atoms with van der Waals surface area (Å²) in [4.78, 5) is 22.1. The second-order valence-electron chi connectivity index (χ2n) is 4.38. The fraction of sp³-hybridized carbons (Fsp3) is 0.833. The van der Waals surface area contributed by atoms with E-state index in [1.807, 2.05) is 0 Å². The third-order valence-corrected chi connectivity index (χ3v) is 3.04. The van der Waals surface area contributed by atoms with Gasteiger partial charge < -0.3 is 19.8 Å². The third kappa shape index (κ3) is 12.1. The summed E-state index contributed by atoms with van der Waals surface area (Å²) in [7, 11) is 0. The molecule has 23 heavy (non-hydrogen) atoms. The average molecular weight is 361 g/mol. The molecule has 8 nitrogen and oxygen atoms in total. The molecule has 0 aliphatic rings. The van der Waals surface area contributed by atoms with Gasteiger partial charge in [-0.2, -0.15) is 13.1 Å². The number of carbonyl (C=O) groups excluding carboxylic acids is 2. The number of unbranched alkanes of at least 4 members (excludes halogenated alkanes) is 5. The van der Waals surface area contributed by atoms with Crippen LogP contribution in [-0.4, -0.2) is 42.1 Å². The normalized spacial score (nSPS) is 11.3. The smallest absolute Gasteiger partial charge is 0.415 e. The van der Waals surface area contributed by atoms with Crippen LogP contribution in [0.15, 0.2) is 0 Å². The minimum absolute atomic E-state index is 0.0919. The number of hydrogen-bond acceptors (Lipinski definition) is 9. The van der Waals surface area contributed by atoms with Gasteiger partial charge in [0.2, 0.25) is 0 Å². The molecule has 0 amide bonds. The lowest BCUT2D eigenvalue weighted by atomic mass is 10.1. The van der Waals surface area contributed by atoms with Crippen LogP contribution in [0.2, 0.25) is 0 Å². The summed E-state index contributed by atoms with van der Waals surface area (Å²) in [6.45, 7) is -0.706. The van der Waals surface area contributed by atoms with Crippen LogP contribution >= 0.6 is 12.0 Å². The molecule has 0 aliphatic heterocycles. The van der Waals surface area contributed by atoms with Crippen LogP contribution in [0.3, 0.4) is 0 Å². The van der Waals surface area contributed by atoms with Gasteiger partial charge in [-0.3, -0.25) is 5.04 Å². The van der Waals surface area contributed by atoms with Crippen molar-refractivity contribution in [2.24, 2.45) is 0 Å². The Kier molecular flexibility index (Phi) is 12.8. The van der Waals surface area contributed by atoms with Gasteiger partial charge in [0.15, 0.2) is 6.61 Å². The molecule has 0 aliphatic carbocycles. The van der Waals surface area contributed by atoms with E-state index in [4.69, 9.17) is 9.84 Å². The largest absolute Gasteiger partial charge is 0.691 e. The Morgan fingerprint density at radius 3 is 2.26 bits per heavy atom. The lowest BCUT2D eigenvalue weighted by Crippen LogP contribution is -2.30. The monoisotopic (exact) mass is 361 g/mol. The molecule has 0 aromatic heterocycles. The maximum absolute atomic E-state index is 12.9. The van der Waals surface area contributed by atoms with Crippen LogP contribution in [-0.2, 0) is 28.4 Å². The lowest BCUT2D eigenvalue weighted by molar-refractivity contribution is -0.777. The summed E-state index contributed by atoms with van der Waals surface area (Å²) in [6.07, 6.45) is 5.00. The standard InChI is InChI=1S/C12H20F2O8S/c13-12(14,23-22-21-18)11(17)20-9-10(16)19-8-6-4-2-1-3-5-7-15/h15,18H,1-9H2/p-1. The summed E-state index contributed by atoms with van der Waals surface area (Å²) in [6, 6.07) is 0. The average Bonchev–Trinajstić information content (AvgIpc) is 2.53. The van der Waals surface area contributed by atoms with Crippen LogP contribution in [0, 0.1) is 0 Å². The molecular formula is C12H19F2O8S-. The van der Waals surface area contributed by atoms with Crippen LogP contribution in [0.1, 0.15) is 38.5 Å². The van der Waals surface area contributed by atoms with E-state index in [9.17, 15) is 23.6 Å². The minimum atomic E-state index is -4.18. The molecule has 11 heteroatoms. The Morgan fingerprint density at radius 1 is 1.04 bits per heavy atom. The molecule has 0 aromatic carbocycles. The number of carbonyl (C=O) groups is 2. The van der Waals surface area contributed by atoms with Crippen molar-refractivity contribution in [1.82, 2.24) is 0 Å². The highest BCUT2D eigenvalue weighted by atomic mass is 32.2. The zero-order valence-corrected chi connectivity index (χ0v) is 13.1. The Labute approximate surface area is 136 Å². The quantitative estimate of drug-likeness (QED) is 0.158. The first-order chi connectivity index (χ1) is 10.9. The van der Waals surface area contributed by atoms with Gasteiger partial charge in [-0.1, -0.05) is 25.7 Å². The highest BCUT2D eigenvalue weighted by Gasteiger charge is 2.44. The van der Waals surface area contributed by atoms with E-state index in [0.29, 0.717) is 6.42 Å². The Bertz CT molecular complexity index is 343. The van der Waals surface area contributed by atoms with Crippen molar-refractivity contribution in [3.8, 4) is 0 Å². The second kappa shape index (κ2) is 13.4. The molecular weight excluding hydrogens is 342 g/mol. The molecule has 0 radical (unpaired) electrons. The summed E-state index contributed by atoms with van der Waals surface area (Å²) < 4.78 is 37.9. The number of alkyl halides is 2. The molecule has 0 unspecified atom stereocenters. The van der Waals surface area contributed by atoms with Crippen molar-refractivity contribution >= 4 is 24.0 Å². The van der Waals surface area contributed by atoms with E-state index in [0.717, 1.165) is 32.1 Å². The van der Waals surface area contributed by atoms with Crippen molar-refractivity contribution < 1.29 is 47.6 Å². The highest BCUT2D eigenvalue weighted by molar-refractivity contribution is 7.96. The summed E-state index contributed by atoms with van der Waals surface area (Å²) in [5.74, 6) is -3.01. The SMILES string of the molecule is O=C(COC(=O)C(F)(F)SOO[O-])OCCCCCCCCO. The predicted molar refractivity (Wildman–Crippen MR) is 71.4 cm³/mol. The topological polar surface area (TPSA) is 114 Å². The Balaban J connectivity index is 3.65. The van der Waals surface area contributed by atoms with Crippen LogP contribution < -0.4 is 5.26 Å². The number of ether oxygens (including phenoxy) is 2. The molecule has 0 spiro atoms. The second-order valence-corrected chi connectivity index (χ2v) is 5.19. The molecule has 0 fully saturated rings. The van der Waals surface area contributed by atoms with Crippen molar-refractivity contribution in [3.63, 3.8) is 0 Å². The number of hydrogen-bond donors (Lipinski definition) is 1. The van der Waals surface area contributed by atoms with Crippen molar-refractivity contribution in [2.75, 3.05) is 19.8 Å². The third-order valence-electron chi connectivity index (χ3n) is 2.54. The fourth-order valence-electron chi connectivity index (χ4n) is 1.45. The maximum atomic E-state index is 12.9. The Morgan fingerprint density at radius 2 is 1.65 bits per heavy atom. The van der Waals surface area contributed by atoms with E-state index in [-0.39, 0.29) is 13.2 Å². The summed E-state index contributed by atoms with van der Waals surface area (Å²) in [5.41, 5.74) is 0. The molecule has 0 saturated carbocycles. The maximum Gasteiger partial charge on any atom is 0.415 e. The van der Waals surface area contributed by atoms with E-state index in [2.05, 4.69) is 14.1 Å². The number of esters is 2. The number of aliphatic hydroxyl groups is 1. The van der Waals surface area contributed by atoms with E-state index in [1.54, 1.807) is 0 Å². The zero-order valence-electron chi connectivity index (χ0n) is 12.3. The number of rotatable bonds is 14. The lowest BCUT2D eigenvalue weighted by Gasteiger charge is -2.13. The summed E-state index contributed by atoms with van der Waals surface area (Å²) >= 11 is -0.839. The van der Waals surface area contributed by atoms with Gasteiger partial charge in [0.05, 0.1) is 6.61 Å². The fourth-order valence-corrected chi connectivity index (χ4v) is 1.69. The molecule has 0 rings (SSSR count). The molecule has 1 N–H and O–H groups in total. The van der Waals surface area contributed by atoms with E-state index in [1.165, 1.54) is 0 Å². The van der Waals surface area contributed by atoms with Gasteiger partial charge in [-0.15, -0.1) is 0 Å². The first kappa shape index (κ1) is 22.0. The highest BCUT2D eigenvalue weighted by Crippen LogP contribution is 2.30. The summed E-state index contributed by atoms with van der Waals surface area (Å²) in [5, 5.41) is 16.5. The van der Waals surface area contributed by atoms with Crippen LogP contribution in [0.4, 0.5) is 8.78 Å². The molecule has 136 valence electrons. The Hall–Kier alpha value is -1.01. The van der Waals surface area contributed by atoms with Crippen molar-refractivity contribution in [3.05, 3.63) is 0 Å². The van der Waals surface area contributed by atoms with Gasteiger partial charge in [-0.25, -0.2) is 9.59 Å².